The van der Waals surface area contributed by atoms with Gasteiger partial charge in [0.05, 0.1) is 53.1 Å². The zero-order valence-corrected chi connectivity index (χ0v) is 41.7. The van der Waals surface area contributed by atoms with Crippen LogP contribution in [0.4, 0.5) is 0 Å². The number of carbonyl (C=O) groups excluding carboxylic acids is 4. The number of aldehydes is 2. The molecule has 3 aromatic heterocycles. The number of halogens is 1. The summed E-state index contributed by atoms with van der Waals surface area (Å²) in [5, 5.41) is 57.1. The number of ether oxygens (including phenoxy) is 1. The van der Waals surface area contributed by atoms with Crippen molar-refractivity contribution in [2.24, 2.45) is 0 Å². The second-order valence-electron chi connectivity index (χ2n) is 17.1. The molecule has 0 bridgehead atoms. The van der Waals surface area contributed by atoms with Gasteiger partial charge >= 0.3 is 5.97 Å². The van der Waals surface area contributed by atoms with Crippen LogP contribution in [0.3, 0.4) is 0 Å². The normalized spacial score (nSPS) is 16.9. The van der Waals surface area contributed by atoms with Crippen LogP contribution in [-0.2, 0) is 0 Å². The Morgan fingerprint density at radius 1 is 0.611 bits per heavy atom. The smallest absolute Gasteiger partial charge is 0.337 e. The Labute approximate surface area is 426 Å². The van der Waals surface area contributed by atoms with Crippen LogP contribution >= 0.6 is 12.4 Å². The number of hydrogen-bond donors (Lipinski definition) is 7. The van der Waals surface area contributed by atoms with E-state index in [0.29, 0.717) is 48.6 Å². The number of likely N-dealkylation sites (tertiary alicyclic amines) is 2. The minimum atomic E-state index is -0.937. The first-order chi connectivity index (χ1) is 34.2. The topological polar surface area (TPSA) is 273 Å². The molecule has 18 nitrogen and oxygen atoms in total. The number of amides is 2. The lowest BCUT2D eigenvalue weighted by Gasteiger charge is -2.35. The summed E-state index contributed by atoms with van der Waals surface area (Å²) < 4.78 is 5.78. The van der Waals surface area contributed by atoms with E-state index >= 15 is 0 Å². The van der Waals surface area contributed by atoms with Crippen molar-refractivity contribution in [3.63, 3.8) is 0 Å². The van der Waals surface area contributed by atoms with Crippen LogP contribution < -0.4 is 10.1 Å². The Morgan fingerprint density at radius 3 is 1.47 bits per heavy atom. The number of aromatic carboxylic acids is 1. The molecule has 5 aromatic rings. The van der Waals surface area contributed by atoms with E-state index < -0.39 is 5.97 Å². The van der Waals surface area contributed by atoms with Crippen LogP contribution in [0.15, 0.2) is 91.4 Å². The molecule has 2 amide bonds. The number of aromatic nitrogens is 3. The lowest BCUT2D eigenvalue weighted by atomic mass is 10.0. The average molecular weight is 1020 g/mol. The standard InChI is InChI=1S/C20H22N2O4.C13H18N2O2.C7H7NO2.C7H6O3.C6H13NO.ClH/c1-14-8-9-15(11-21-14)20(25)22-10-3-2-5-16(22)13-26-19-7-4-6-18(24)17(19)12-23;1-10-5-6-11(8-14-10)13(17)15-7-3-2-4-12(15)9-16;1-5-2-3-6(4-8-5)7(9)10;8-4-5-6(9)2-1-3-7(5)10;8-5-6-3-1-2-4-7-6;/h4,6-9,11-12,16,24H,2-3,5,10,13H2,1H3;5-6,8,12,16H,2-4,7,9H2,1H3;2-4H,1H3,(H,9,10);1-4,9-10H;6-8H,1-5H2;1H/t16-;12-;;;6-;/m00..0./s1. The van der Waals surface area contributed by atoms with Crippen molar-refractivity contribution in [2.45, 2.75) is 96.7 Å². The summed E-state index contributed by atoms with van der Waals surface area (Å²) in [6.45, 7) is 8.70. The summed E-state index contributed by atoms with van der Waals surface area (Å²) in [5.74, 6) is -1.19. The first kappa shape index (κ1) is 59.3. The highest BCUT2D eigenvalue weighted by Gasteiger charge is 2.29. The molecule has 3 fully saturated rings. The molecule has 7 N–H and O–H groups in total. The highest BCUT2D eigenvalue weighted by Crippen LogP contribution is 2.28. The predicted molar refractivity (Wildman–Crippen MR) is 272 cm³/mol. The van der Waals surface area contributed by atoms with Gasteiger partial charge in [-0.3, -0.25) is 34.1 Å². The number of hydrogen-bond acceptors (Lipinski definition) is 15. The van der Waals surface area contributed by atoms with Crippen molar-refractivity contribution in [3.05, 3.63) is 136 Å². The number of carboxylic acid groups (broad SMARTS) is 1. The Bertz CT molecular complexity index is 2440. The van der Waals surface area contributed by atoms with Crippen molar-refractivity contribution in [1.29, 1.82) is 0 Å². The fourth-order valence-electron chi connectivity index (χ4n) is 7.72. The lowest BCUT2D eigenvalue weighted by Crippen LogP contribution is -2.46. The molecule has 388 valence electrons. The van der Waals surface area contributed by atoms with E-state index in [-0.39, 0.29) is 83.5 Å². The molecular weight excluding hydrogens is 948 g/mol. The molecule has 0 saturated carbocycles. The minimum absolute atomic E-state index is 0. The van der Waals surface area contributed by atoms with Gasteiger partial charge in [-0.2, -0.15) is 0 Å². The summed E-state index contributed by atoms with van der Waals surface area (Å²) in [6.07, 6.45) is 15.0. The lowest BCUT2D eigenvalue weighted by molar-refractivity contribution is 0.0501. The highest BCUT2D eigenvalue weighted by molar-refractivity contribution is 5.95. The molecule has 0 aliphatic carbocycles. The monoisotopic (exact) mass is 1010 g/mol. The molecule has 0 unspecified atom stereocenters. The molecular formula is C53H67ClN6O12. The van der Waals surface area contributed by atoms with Crippen LogP contribution in [0, 0.1) is 20.8 Å². The molecule has 3 saturated heterocycles. The van der Waals surface area contributed by atoms with Gasteiger partial charge < -0.3 is 50.5 Å². The Morgan fingerprint density at radius 2 is 1.07 bits per heavy atom. The molecule has 6 heterocycles. The second kappa shape index (κ2) is 31.4. The number of aryl methyl sites for hydroxylation is 3. The SMILES string of the molecule is Cc1ccc(C(=O)N2CCCC[C@H]2CO)cn1.Cc1ccc(C(=O)N2CCCC[C@H]2COc2cccc(O)c2C=O)cn1.Cc1ccc(C(=O)O)cn1.Cl.O=Cc1c(O)cccc1O.OC[C@@H]1CCCCN1. The number of rotatable bonds is 10. The van der Waals surface area contributed by atoms with Crippen LogP contribution in [-0.4, -0.2) is 143 Å². The fourth-order valence-corrected chi connectivity index (χ4v) is 7.72. The Kier molecular flexibility index (Phi) is 25.8. The van der Waals surface area contributed by atoms with E-state index in [9.17, 15) is 34.2 Å². The molecule has 0 spiro atoms. The number of nitrogens with zero attached hydrogens (tertiary/aromatic N) is 5. The fraction of sp³-hybridized carbons (Fsp3) is 0.396. The van der Waals surface area contributed by atoms with Crippen molar-refractivity contribution in [3.8, 4) is 23.0 Å². The average Bonchev–Trinajstić information content (AvgIpc) is 3.39. The summed E-state index contributed by atoms with van der Waals surface area (Å²) in [4.78, 5) is 72.4. The quantitative estimate of drug-likeness (QED) is 0.0701. The predicted octanol–water partition coefficient (Wildman–Crippen LogP) is 6.90. The number of pyridine rings is 3. The molecule has 19 heteroatoms. The zero-order valence-electron chi connectivity index (χ0n) is 40.9. The van der Waals surface area contributed by atoms with Gasteiger partial charge in [-0.25, -0.2) is 4.79 Å². The van der Waals surface area contributed by atoms with Gasteiger partial charge in [0.1, 0.15) is 29.6 Å². The van der Waals surface area contributed by atoms with Gasteiger partial charge in [0.2, 0.25) is 0 Å². The van der Waals surface area contributed by atoms with Crippen molar-refractivity contribution in [2.75, 3.05) is 39.5 Å². The summed E-state index contributed by atoms with van der Waals surface area (Å²) in [7, 11) is 0. The number of benzene rings is 2. The van der Waals surface area contributed by atoms with E-state index in [0.717, 1.165) is 75.1 Å². The van der Waals surface area contributed by atoms with Crippen molar-refractivity contribution >= 4 is 42.8 Å². The number of nitrogens with one attached hydrogen (secondary N) is 1. The van der Waals surface area contributed by atoms with E-state index in [2.05, 4.69) is 20.3 Å². The maximum atomic E-state index is 12.8. The highest BCUT2D eigenvalue weighted by atomic mass is 35.5. The van der Waals surface area contributed by atoms with Crippen LogP contribution in [0.2, 0.25) is 0 Å². The minimum Gasteiger partial charge on any atom is -0.507 e. The third-order valence-corrected chi connectivity index (χ3v) is 11.9. The molecule has 8 rings (SSSR count). The first-order valence-corrected chi connectivity index (χ1v) is 23.7. The largest absolute Gasteiger partial charge is 0.507 e. The summed E-state index contributed by atoms with van der Waals surface area (Å²) >= 11 is 0. The third-order valence-electron chi connectivity index (χ3n) is 11.9. The number of carbonyl (C=O) groups is 5. The number of carboxylic acids is 1. The van der Waals surface area contributed by atoms with Gasteiger partial charge in [-0.1, -0.05) is 18.6 Å². The Hall–Kier alpha value is -6.99. The number of aromatic hydroxyl groups is 3. The first-order valence-electron chi connectivity index (χ1n) is 23.7. The molecule has 3 aliphatic rings. The second-order valence-corrected chi connectivity index (χ2v) is 17.1. The van der Waals surface area contributed by atoms with Crippen LogP contribution in [0.25, 0.3) is 0 Å². The van der Waals surface area contributed by atoms with Crippen molar-refractivity contribution in [1.82, 2.24) is 30.1 Å². The molecule has 2 aromatic carbocycles. The number of piperidine rings is 3. The number of phenolic OH excluding ortho intramolecular Hbond substituents is 3. The van der Waals surface area contributed by atoms with E-state index in [1.165, 1.54) is 49.4 Å². The molecule has 3 aliphatic heterocycles. The van der Waals surface area contributed by atoms with Gasteiger partial charge in [0, 0.05) is 54.8 Å². The van der Waals surface area contributed by atoms with Gasteiger partial charge in [-0.15, -0.1) is 12.4 Å². The van der Waals surface area contributed by atoms with Crippen molar-refractivity contribution < 1.29 is 59.3 Å². The van der Waals surface area contributed by atoms with Gasteiger partial charge in [-0.05, 0) is 139 Å². The number of aliphatic hydroxyl groups is 2. The Balaban J connectivity index is 0.000000256. The van der Waals surface area contributed by atoms with Gasteiger partial charge in [0.25, 0.3) is 11.8 Å². The molecule has 72 heavy (non-hydrogen) atoms. The van der Waals surface area contributed by atoms with Gasteiger partial charge in [0.15, 0.2) is 12.6 Å². The van der Waals surface area contributed by atoms with Crippen LogP contribution in [0.5, 0.6) is 23.0 Å². The summed E-state index contributed by atoms with van der Waals surface area (Å²) in [6, 6.07) is 19.6. The zero-order chi connectivity index (χ0) is 51.7. The number of phenols is 3. The van der Waals surface area contributed by atoms with E-state index in [1.54, 1.807) is 47.6 Å². The van der Waals surface area contributed by atoms with Crippen LogP contribution in [0.1, 0.15) is 127 Å². The molecule has 0 radical (unpaired) electrons. The summed E-state index contributed by atoms with van der Waals surface area (Å²) in [5.41, 5.74) is 4.05. The third kappa shape index (κ3) is 18.6. The number of aliphatic hydroxyl groups excluding tert-OH is 2. The van der Waals surface area contributed by atoms with E-state index in [4.69, 9.17) is 25.2 Å². The molecule has 3 atom stereocenters. The van der Waals surface area contributed by atoms with E-state index in [1.807, 2.05) is 37.8 Å². The maximum absolute atomic E-state index is 12.8. The maximum Gasteiger partial charge on any atom is 0.337 e.